The molecule has 4 rings (SSSR count). The van der Waals surface area contributed by atoms with Crippen molar-refractivity contribution < 1.29 is 19.1 Å². The molecule has 3 aliphatic rings. The molecule has 0 aliphatic carbocycles. The van der Waals surface area contributed by atoms with E-state index in [-0.39, 0.29) is 30.5 Å². The van der Waals surface area contributed by atoms with Crippen molar-refractivity contribution in [3.8, 4) is 0 Å². The summed E-state index contributed by atoms with van der Waals surface area (Å²) in [5.41, 5.74) is 2.01. The van der Waals surface area contributed by atoms with Crippen LogP contribution in [0.4, 0.5) is 4.79 Å². The highest BCUT2D eigenvalue weighted by Gasteiger charge is 2.45. The van der Waals surface area contributed by atoms with Crippen LogP contribution in [0.1, 0.15) is 31.4 Å². The Kier molecular flexibility index (Phi) is 5.27. The van der Waals surface area contributed by atoms with Crippen LogP contribution in [0.15, 0.2) is 41.6 Å². The third-order valence-corrected chi connectivity index (χ3v) is 5.90. The Morgan fingerprint density at radius 2 is 2.07 bits per heavy atom. The molecular formula is C21H26N4O4. The van der Waals surface area contributed by atoms with E-state index < -0.39 is 12.1 Å². The fourth-order valence-corrected chi connectivity index (χ4v) is 4.11. The number of benzene rings is 1. The molecule has 0 saturated carbocycles. The summed E-state index contributed by atoms with van der Waals surface area (Å²) in [5, 5.41) is 5.79. The SMILES string of the molecule is C[C@H](C(=O)NC[C@@H]1CCCO1)N1CC2=C(C1=O)[C@H](c1ccccc1)NC(=O)N2C. The van der Waals surface area contributed by atoms with Gasteiger partial charge in [0.15, 0.2) is 0 Å². The molecule has 4 amide bonds. The first kappa shape index (κ1) is 19.4. The monoisotopic (exact) mass is 398 g/mol. The number of amides is 4. The van der Waals surface area contributed by atoms with Crippen molar-refractivity contribution in [2.24, 2.45) is 0 Å². The van der Waals surface area contributed by atoms with Gasteiger partial charge in [0.2, 0.25) is 5.91 Å². The summed E-state index contributed by atoms with van der Waals surface area (Å²) in [7, 11) is 1.64. The minimum absolute atomic E-state index is 0.0437. The quantitative estimate of drug-likeness (QED) is 0.779. The van der Waals surface area contributed by atoms with Gasteiger partial charge in [0, 0.05) is 20.2 Å². The lowest BCUT2D eigenvalue weighted by Gasteiger charge is -2.31. The topological polar surface area (TPSA) is 91.0 Å². The third kappa shape index (κ3) is 3.60. The summed E-state index contributed by atoms with van der Waals surface area (Å²) >= 11 is 0. The van der Waals surface area contributed by atoms with Gasteiger partial charge in [0.05, 0.1) is 30.0 Å². The van der Waals surface area contributed by atoms with Crippen molar-refractivity contribution in [3.05, 3.63) is 47.2 Å². The van der Waals surface area contributed by atoms with Crippen LogP contribution in [0.5, 0.6) is 0 Å². The molecule has 0 spiro atoms. The summed E-state index contributed by atoms with van der Waals surface area (Å²) in [4.78, 5) is 41.4. The molecule has 1 aromatic rings. The predicted molar refractivity (Wildman–Crippen MR) is 106 cm³/mol. The molecule has 1 saturated heterocycles. The molecule has 0 radical (unpaired) electrons. The van der Waals surface area contributed by atoms with E-state index in [0.717, 1.165) is 25.0 Å². The molecule has 0 unspecified atom stereocenters. The zero-order valence-electron chi connectivity index (χ0n) is 16.7. The zero-order chi connectivity index (χ0) is 20.5. The van der Waals surface area contributed by atoms with E-state index >= 15 is 0 Å². The molecular weight excluding hydrogens is 372 g/mol. The van der Waals surface area contributed by atoms with Crippen molar-refractivity contribution in [2.75, 3.05) is 26.7 Å². The molecule has 154 valence electrons. The number of carbonyl (C=O) groups excluding carboxylic acids is 3. The van der Waals surface area contributed by atoms with Crippen LogP contribution in [-0.4, -0.2) is 66.5 Å². The lowest BCUT2D eigenvalue weighted by atomic mass is 9.96. The van der Waals surface area contributed by atoms with Crippen LogP contribution < -0.4 is 10.6 Å². The lowest BCUT2D eigenvalue weighted by molar-refractivity contribution is -0.136. The Morgan fingerprint density at radius 3 is 2.76 bits per heavy atom. The second-order valence-electron chi connectivity index (χ2n) is 7.70. The summed E-state index contributed by atoms with van der Waals surface area (Å²) in [6, 6.07) is 7.98. The number of nitrogens with zero attached hydrogens (tertiary/aromatic N) is 2. The van der Waals surface area contributed by atoms with Crippen LogP contribution in [0.25, 0.3) is 0 Å². The average molecular weight is 398 g/mol. The molecule has 29 heavy (non-hydrogen) atoms. The maximum Gasteiger partial charge on any atom is 0.322 e. The number of ether oxygens (including phenoxy) is 1. The van der Waals surface area contributed by atoms with Gasteiger partial charge in [-0.05, 0) is 25.3 Å². The van der Waals surface area contributed by atoms with Crippen LogP contribution in [0.3, 0.4) is 0 Å². The largest absolute Gasteiger partial charge is 0.376 e. The summed E-state index contributed by atoms with van der Waals surface area (Å²) in [5.74, 6) is -0.438. The highest BCUT2D eigenvalue weighted by atomic mass is 16.5. The standard InChI is InChI=1S/C21H26N4O4/c1-13(19(26)22-11-15-9-6-10-29-15)25-12-16-17(20(25)27)18(23-21(28)24(16)2)14-7-4-3-5-8-14/h3-5,7-8,13,15,18H,6,9-12H2,1-2H3,(H,22,26)(H,23,28)/t13-,15+,18+/m1/s1. The molecule has 3 aliphatic heterocycles. The van der Waals surface area contributed by atoms with Gasteiger partial charge in [-0.15, -0.1) is 0 Å². The Hall–Kier alpha value is -2.87. The van der Waals surface area contributed by atoms with Crippen molar-refractivity contribution in [1.82, 2.24) is 20.4 Å². The van der Waals surface area contributed by atoms with Gasteiger partial charge in [-0.3, -0.25) is 14.5 Å². The average Bonchev–Trinajstić information content (AvgIpc) is 3.37. The van der Waals surface area contributed by atoms with E-state index in [9.17, 15) is 14.4 Å². The summed E-state index contributed by atoms with van der Waals surface area (Å²) in [6.45, 7) is 3.13. The minimum atomic E-state index is -0.644. The molecule has 8 heteroatoms. The zero-order valence-corrected chi connectivity index (χ0v) is 16.7. The number of hydrogen-bond acceptors (Lipinski definition) is 4. The molecule has 8 nitrogen and oxygen atoms in total. The highest BCUT2D eigenvalue weighted by molar-refractivity contribution is 6.03. The van der Waals surface area contributed by atoms with E-state index in [2.05, 4.69) is 10.6 Å². The van der Waals surface area contributed by atoms with Gasteiger partial charge in [-0.2, -0.15) is 0 Å². The Balaban J connectivity index is 1.51. The minimum Gasteiger partial charge on any atom is -0.376 e. The summed E-state index contributed by atoms with van der Waals surface area (Å²) in [6.07, 6.45) is 1.98. The van der Waals surface area contributed by atoms with E-state index in [1.807, 2.05) is 30.3 Å². The predicted octanol–water partition coefficient (Wildman–Crippen LogP) is 1.16. The Morgan fingerprint density at radius 1 is 1.31 bits per heavy atom. The van der Waals surface area contributed by atoms with Gasteiger partial charge in [0.25, 0.3) is 5.91 Å². The van der Waals surface area contributed by atoms with Crippen LogP contribution in [0.2, 0.25) is 0 Å². The fourth-order valence-electron chi connectivity index (χ4n) is 4.11. The fraction of sp³-hybridized carbons (Fsp3) is 0.476. The Labute approximate surface area is 169 Å². The van der Waals surface area contributed by atoms with Crippen LogP contribution in [-0.2, 0) is 14.3 Å². The van der Waals surface area contributed by atoms with Crippen LogP contribution in [0, 0.1) is 0 Å². The first-order valence-corrected chi connectivity index (χ1v) is 10.00. The van der Waals surface area contributed by atoms with E-state index in [4.69, 9.17) is 4.74 Å². The first-order chi connectivity index (χ1) is 14.0. The van der Waals surface area contributed by atoms with Crippen LogP contribution >= 0.6 is 0 Å². The number of rotatable bonds is 5. The molecule has 1 fully saturated rings. The molecule has 3 heterocycles. The second-order valence-corrected chi connectivity index (χ2v) is 7.70. The van der Waals surface area contributed by atoms with Crippen molar-refractivity contribution in [1.29, 1.82) is 0 Å². The van der Waals surface area contributed by atoms with Gasteiger partial charge in [-0.1, -0.05) is 30.3 Å². The molecule has 0 aromatic heterocycles. The first-order valence-electron chi connectivity index (χ1n) is 10.00. The van der Waals surface area contributed by atoms with E-state index in [1.165, 1.54) is 9.80 Å². The highest BCUT2D eigenvalue weighted by Crippen LogP contribution is 2.36. The number of carbonyl (C=O) groups is 3. The van der Waals surface area contributed by atoms with Gasteiger partial charge in [-0.25, -0.2) is 4.79 Å². The number of nitrogens with one attached hydrogen (secondary N) is 2. The summed E-state index contributed by atoms with van der Waals surface area (Å²) < 4.78 is 5.54. The molecule has 3 atom stereocenters. The van der Waals surface area contributed by atoms with E-state index in [1.54, 1.807) is 14.0 Å². The Bertz CT molecular complexity index is 847. The number of hydrogen-bond donors (Lipinski definition) is 2. The smallest absolute Gasteiger partial charge is 0.322 e. The third-order valence-electron chi connectivity index (χ3n) is 5.90. The van der Waals surface area contributed by atoms with Crippen molar-refractivity contribution >= 4 is 17.8 Å². The normalized spacial score (nSPS) is 25.2. The van der Waals surface area contributed by atoms with E-state index in [0.29, 0.717) is 17.8 Å². The van der Waals surface area contributed by atoms with Crippen molar-refractivity contribution in [2.45, 2.75) is 38.0 Å². The van der Waals surface area contributed by atoms with Gasteiger partial charge >= 0.3 is 6.03 Å². The second kappa shape index (κ2) is 7.87. The maximum atomic E-state index is 13.3. The molecule has 1 aromatic carbocycles. The number of likely N-dealkylation sites (N-methyl/N-ethyl adjacent to an activating group) is 1. The van der Waals surface area contributed by atoms with Gasteiger partial charge < -0.3 is 20.3 Å². The van der Waals surface area contributed by atoms with Crippen molar-refractivity contribution in [3.63, 3.8) is 0 Å². The number of urea groups is 1. The maximum absolute atomic E-state index is 13.3. The molecule has 0 bridgehead atoms. The lowest BCUT2D eigenvalue weighted by Crippen LogP contribution is -2.48. The van der Waals surface area contributed by atoms with Gasteiger partial charge in [0.1, 0.15) is 6.04 Å². The molecule has 2 N–H and O–H groups in total.